The molecule has 3 nitrogen and oxygen atoms in total. The molecular formula is C36H37N3S. The Hall–Kier alpha value is -3.76. The van der Waals surface area contributed by atoms with Crippen molar-refractivity contribution in [3.8, 4) is 28.2 Å². The van der Waals surface area contributed by atoms with Gasteiger partial charge in [-0.15, -0.1) is 11.3 Å². The zero-order chi connectivity index (χ0) is 28.2. The van der Waals surface area contributed by atoms with Gasteiger partial charge in [-0.25, -0.2) is 9.97 Å². The number of fused-ring (bicyclic) bond motifs is 2. The molecule has 0 radical (unpaired) electrons. The number of imidazole rings is 1. The van der Waals surface area contributed by atoms with Crippen molar-refractivity contribution in [1.82, 2.24) is 14.5 Å². The van der Waals surface area contributed by atoms with Crippen LogP contribution < -0.4 is 0 Å². The zero-order valence-corrected chi connectivity index (χ0v) is 25.3. The van der Waals surface area contributed by atoms with Gasteiger partial charge in [0, 0.05) is 11.0 Å². The summed E-state index contributed by atoms with van der Waals surface area (Å²) in [4.78, 5) is 10.3. The summed E-state index contributed by atoms with van der Waals surface area (Å²) in [6, 6.07) is 30.5. The van der Waals surface area contributed by atoms with Crippen LogP contribution in [0.4, 0.5) is 0 Å². The summed E-state index contributed by atoms with van der Waals surface area (Å²) in [6.45, 7) is 15.9. The van der Waals surface area contributed by atoms with Crippen molar-refractivity contribution in [2.75, 3.05) is 0 Å². The van der Waals surface area contributed by atoms with Crippen molar-refractivity contribution in [3.05, 3.63) is 101 Å². The highest BCUT2D eigenvalue weighted by molar-refractivity contribution is 7.19. The molecule has 6 rings (SSSR count). The quantitative estimate of drug-likeness (QED) is 0.216. The van der Waals surface area contributed by atoms with E-state index in [-0.39, 0.29) is 5.41 Å². The molecule has 0 fully saturated rings. The molecule has 0 bridgehead atoms. The summed E-state index contributed by atoms with van der Waals surface area (Å²) < 4.78 is 3.63. The maximum absolute atomic E-state index is 5.30. The summed E-state index contributed by atoms with van der Waals surface area (Å²) in [6.07, 6.45) is 0. The summed E-state index contributed by atoms with van der Waals surface area (Å²) >= 11 is 1.80. The van der Waals surface area contributed by atoms with E-state index in [9.17, 15) is 0 Å². The minimum absolute atomic E-state index is 0.00993. The minimum atomic E-state index is -0.00993. The number of benzene rings is 4. The van der Waals surface area contributed by atoms with Gasteiger partial charge in [0.15, 0.2) is 0 Å². The van der Waals surface area contributed by atoms with Crippen molar-refractivity contribution >= 4 is 32.6 Å². The second kappa shape index (κ2) is 10.0. The van der Waals surface area contributed by atoms with Gasteiger partial charge in [-0.05, 0) is 70.5 Å². The van der Waals surface area contributed by atoms with Crippen LogP contribution in [0.1, 0.15) is 76.4 Å². The second-order valence-corrected chi connectivity index (χ2v) is 13.4. The lowest BCUT2D eigenvalue weighted by Gasteiger charge is -2.24. The molecular weight excluding hydrogens is 506 g/mol. The predicted octanol–water partition coefficient (Wildman–Crippen LogP) is 10.5. The highest BCUT2D eigenvalue weighted by Crippen LogP contribution is 2.42. The first kappa shape index (κ1) is 26.5. The minimum Gasteiger partial charge on any atom is -0.292 e. The Kier molecular flexibility index (Phi) is 6.62. The van der Waals surface area contributed by atoms with Gasteiger partial charge >= 0.3 is 0 Å². The monoisotopic (exact) mass is 543 g/mol. The Balaban J connectivity index is 1.71. The number of para-hydroxylation sites is 2. The maximum Gasteiger partial charge on any atom is 0.147 e. The Morgan fingerprint density at radius 3 is 1.95 bits per heavy atom. The number of rotatable bonds is 5. The van der Waals surface area contributed by atoms with E-state index in [0.29, 0.717) is 11.8 Å². The molecule has 0 aliphatic carbocycles. The topological polar surface area (TPSA) is 30.7 Å². The largest absolute Gasteiger partial charge is 0.292 e. The van der Waals surface area contributed by atoms with Crippen LogP contribution in [0.3, 0.4) is 0 Å². The van der Waals surface area contributed by atoms with Crippen LogP contribution >= 0.6 is 11.3 Å². The number of nitrogens with zero attached hydrogens (tertiary/aromatic N) is 3. The smallest absolute Gasteiger partial charge is 0.147 e. The molecule has 202 valence electrons. The summed E-state index contributed by atoms with van der Waals surface area (Å²) in [7, 11) is 0. The fourth-order valence-corrected chi connectivity index (χ4v) is 6.63. The summed E-state index contributed by atoms with van der Waals surface area (Å²) in [5.41, 5.74) is 10.7. The van der Waals surface area contributed by atoms with Crippen LogP contribution in [0, 0.1) is 0 Å². The van der Waals surface area contributed by atoms with E-state index in [4.69, 9.17) is 9.97 Å². The van der Waals surface area contributed by atoms with Gasteiger partial charge in [0.1, 0.15) is 5.82 Å². The third kappa shape index (κ3) is 4.54. The number of thiazole rings is 1. The molecule has 0 amide bonds. The van der Waals surface area contributed by atoms with Gasteiger partial charge in [0.25, 0.3) is 0 Å². The maximum atomic E-state index is 5.30. The molecule has 2 aromatic heterocycles. The lowest BCUT2D eigenvalue weighted by atomic mass is 9.88. The fourth-order valence-electron chi connectivity index (χ4n) is 5.49. The van der Waals surface area contributed by atoms with Gasteiger partial charge in [-0.3, -0.25) is 4.57 Å². The standard InChI is InChI=1S/C36H37N3S/c1-22(2)27-20-25(24-14-9-8-10-15-24)21-28(23(3)4)32(27)39-31-19-12-11-17-29(31)37-34(39)26-16-13-18-30-33(26)40-35(38-30)36(5,6)7/h8-23H,1-7H3. The van der Waals surface area contributed by atoms with E-state index in [1.807, 2.05) is 0 Å². The Morgan fingerprint density at radius 1 is 0.675 bits per heavy atom. The third-order valence-corrected chi connectivity index (χ3v) is 9.13. The highest BCUT2D eigenvalue weighted by atomic mass is 32.1. The molecule has 2 heterocycles. The number of aromatic nitrogens is 3. The van der Waals surface area contributed by atoms with Crippen molar-refractivity contribution in [1.29, 1.82) is 0 Å². The van der Waals surface area contributed by atoms with Gasteiger partial charge < -0.3 is 0 Å². The molecule has 0 atom stereocenters. The third-order valence-electron chi connectivity index (χ3n) is 7.60. The molecule has 0 aliphatic rings. The molecule has 0 spiro atoms. The van der Waals surface area contributed by atoms with Crippen molar-refractivity contribution < 1.29 is 0 Å². The number of hydrogen-bond acceptors (Lipinski definition) is 3. The summed E-state index contributed by atoms with van der Waals surface area (Å²) in [5, 5.41) is 1.15. The molecule has 0 saturated heterocycles. The summed E-state index contributed by atoms with van der Waals surface area (Å²) in [5.74, 6) is 1.64. The van der Waals surface area contributed by atoms with Gasteiger partial charge in [0.2, 0.25) is 0 Å². The van der Waals surface area contributed by atoms with Crippen LogP contribution in [-0.2, 0) is 5.41 Å². The lowest BCUT2D eigenvalue weighted by molar-refractivity contribution is 0.587. The predicted molar refractivity (Wildman–Crippen MR) is 172 cm³/mol. The Bertz CT molecular complexity index is 1800. The SMILES string of the molecule is CC(C)c1cc(-c2ccccc2)cc(C(C)C)c1-n1c(-c2cccc3nc(C(C)(C)C)sc23)nc2ccccc21. The first-order valence-corrected chi connectivity index (χ1v) is 15.1. The average molecular weight is 544 g/mol. The Labute approximate surface area is 241 Å². The second-order valence-electron chi connectivity index (χ2n) is 12.4. The van der Waals surface area contributed by atoms with E-state index in [1.165, 1.54) is 32.6 Å². The fraction of sp³-hybridized carbons (Fsp3) is 0.278. The molecule has 0 saturated carbocycles. The zero-order valence-electron chi connectivity index (χ0n) is 24.5. The highest BCUT2D eigenvalue weighted by Gasteiger charge is 2.26. The van der Waals surface area contributed by atoms with E-state index in [1.54, 1.807) is 11.3 Å². The molecule has 0 aliphatic heterocycles. The molecule has 40 heavy (non-hydrogen) atoms. The van der Waals surface area contributed by atoms with E-state index in [0.717, 1.165) is 32.9 Å². The van der Waals surface area contributed by atoms with Crippen molar-refractivity contribution in [2.45, 2.75) is 65.7 Å². The average Bonchev–Trinajstić information content (AvgIpc) is 3.55. The molecule has 4 aromatic carbocycles. The van der Waals surface area contributed by atoms with Crippen LogP contribution in [0.5, 0.6) is 0 Å². The molecule has 4 heteroatoms. The van der Waals surface area contributed by atoms with E-state index >= 15 is 0 Å². The van der Waals surface area contributed by atoms with Crippen LogP contribution in [-0.4, -0.2) is 14.5 Å². The van der Waals surface area contributed by atoms with Crippen molar-refractivity contribution in [2.24, 2.45) is 0 Å². The Morgan fingerprint density at radius 2 is 1.30 bits per heavy atom. The van der Waals surface area contributed by atoms with Gasteiger partial charge in [-0.1, -0.05) is 97.0 Å². The van der Waals surface area contributed by atoms with Crippen LogP contribution in [0.15, 0.2) is 84.9 Å². The van der Waals surface area contributed by atoms with E-state index < -0.39 is 0 Å². The van der Waals surface area contributed by atoms with Gasteiger partial charge in [0.05, 0.1) is 31.9 Å². The first-order chi connectivity index (χ1) is 19.1. The molecule has 0 N–H and O–H groups in total. The molecule has 6 aromatic rings. The molecule has 0 unspecified atom stereocenters. The normalized spacial score (nSPS) is 12.3. The van der Waals surface area contributed by atoms with Crippen LogP contribution in [0.2, 0.25) is 0 Å². The number of hydrogen-bond donors (Lipinski definition) is 0. The van der Waals surface area contributed by atoms with E-state index in [2.05, 4.69) is 138 Å². The van der Waals surface area contributed by atoms with Crippen LogP contribution in [0.25, 0.3) is 49.5 Å². The first-order valence-electron chi connectivity index (χ1n) is 14.2. The lowest BCUT2D eigenvalue weighted by Crippen LogP contribution is -2.09. The van der Waals surface area contributed by atoms with Gasteiger partial charge in [-0.2, -0.15) is 0 Å². The van der Waals surface area contributed by atoms with Crippen molar-refractivity contribution in [3.63, 3.8) is 0 Å².